The fourth-order valence-electron chi connectivity index (χ4n) is 3.07. The topological polar surface area (TPSA) is 67.0 Å². The van der Waals surface area contributed by atoms with Gasteiger partial charge in [0, 0.05) is 23.9 Å². The minimum Gasteiger partial charge on any atom is -0.493 e. The van der Waals surface area contributed by atoms with Crippen LogP contribution in [0.5, 0.6) is 5.75 Å². The molecule has 1 saturated carbocycles. The standard InChI is InChI=1S/C18H21F2N3O2S/c19-12-5-11(25-8-10-1-2-10)6-14-17(12)18(24)23-16(22-14)9-26-15-3-4-21-7-13(15)20/h5-6,10,13,15,21H,1-4,7-9H2,(H,22,23,24). The van der Waals surface area contributed by atoms with Gasteiger partial charge in [0.15, 0.2) is 0 Å². The number of nitrogens with zero attached hydrogens (tertiary/aromatic N) is 1. The first kappa shape index (κ1) is 17.7. The molecule has 0 amide bonds. The third-order valence-electron chi connectivity index (χ3n) is 4.75. The molecule has 2 heterocycles. The summed E-state index contributed by atoms with van der Waals surface area (Å²) in [6.07, 6.45) is 2.10. The van der Waals surface area contributed by atoms with Crippen molar-refractivity contribution in [2.24, 2.45) is 5.92 Å². The van der Waals surface area contributed by atoms with Crippen LogP contribution in [0.15, 0.2) is 16.9 Å². The number of H-pyrrole nitrogens is 1. The number of aromatic nitrogens is 2. The van der Waals surface area contributed by atoms with Crippen molar-refractivity contribution in [1.82, 2.24) is 15.3 Å². The van der Waals surface area contributed by atoms with Crippen LogP contribution in [-0.4, -0.2) is 41.1 Å². The minimum absolute atomic E-state index is 0.0669. The van der Waals surface area contributed by atoms with Gasteiger partial charge in [0.05, 0.1) is 17.9 Å². The summed E-state index contributed by atoms with van der Waals surface area (Å²) in [6, 6.07) is 2.84. The number of thioether (sulfide) groups is 1. The normalized spacial score (nSPS) is 23.3. The first-order valence-electron chi connectivity index (χ1n) is 8.92. The smallest absolute Gasteiger partial charge is 0.261 e. The number of hydrogen-bond acceptors (Lipinski definition) is 5. The van der Waals surface area contributed by atoms with Crippen LogP contribution < -0.4 is 15.6 Å². The highest BCUT2D eigenvalue weighted by molar-refractivity contribution is 7.99. The lowest BCUT2D eigenvalue weighted by atomic mass is 10.1. The summed E-state index contributed by atoms with van der Waals surface area (Å²) in [5.41, 5.74) is -0.240. The lowest BCUT2D eigenvalue weighted by Gasteiger charge is -2.25. The van der Waals surface area contributed by atoms with Crippen molar-refractivity contribution < 1.29 is 13.5 Å². The minimum atomic E-state index is -0.916. The molecule has 1 aliphatic carbocycles. The van der Waals surface area contributed by atoms with Gasteiger partial charge in [-0.25, -0.2) is 13.8 Å². The molecule has 1 aromatic carbocycles. The number of nitrogens with one attached hydrogen (secondary N) is 2. The molecule has 0 radical (unpaired) electrons. The quantitative estimate of drug-likeness (QED) is 0.806. The fraction of sp³-hybridized carbons (Fsp3) is 0.556. The maximum atomic E-state index is 14.3. The van der Waals surface area contributed by atoms with Crippen molar-refractivity contribution >= 4 is 22.7 Å². The number of rotatable bonds is 6. The van der Waals surface area contributed by atoms with Crippen molar-refractivity contribution in [1.29, 1.82) is 0 Å². The lowest BCUT2D eigenvalue weighted by molar-refractivity contribution is 0.275. The average Bonchev–Trinajstić information content (AvgIpc) is 3.43. The van der Waals surface area contributed by atoms with Gasteiger partial charge < -0.3 is 15.0 Å². The van der Waals surface area contributed by atoms with Crippen molar-refractivity contribution in [3.05, 3.63) is 34.1 Å². The summed E-state index contributed by atoms with van der Waals surface area (Å²) < 4.78 is 33.8. The second-order valence-electron chi connectivity index (χ2n) is 6.92. The van der Waals surface area contributed by atoms with E-state index in [-0.39, 0.29) is 16.2 Å². The van der Waals surface area contributed by atoms with E-state index >= 15 is 0 Å². The summed E-state index contributed by atoms with van der Waals surface area (Å²) in [6.45, 7) is 1.70. The number of piperidine rings is 1. The van der Waals surface area contributed by atoms with E-state index in [1.165, 1.54) is 17.8 Å². The van der Waals surface area contributed by atoms with Crippen LogP contribution >= 0.6 is 11.8 Å². The predicted octanol–water partition coefficient (Wildman–Crippen LogP) is 2.78. The molecule has 26 heavy (non-hydrogen) atoms. The third-order valence-corrected chi connectivity index (χ3v) is 6.15. The second-order valence-corrected chi connectivity index (χ2v) is 8.15. The SMILES string of the molecule is O=c1[nH]c(CSC2CCNCC2F)nc2cc(OCC3CC3)cc(F)c12. The Balaban J connectivity index is 1.54. The number of halogens is 2. The summed E-state index contributed by atoms with van der Waals surface area (Å²) in [7, 11) is 0. The summed E-state index contributed by atoms with van der Waals surface area (Å²) >= 11 is 1.43. The van der Waals surface area contributed by atoms with Gasteiger partial charge in [-0.3, -0.25) is 4.79 Å². The molecule has 1 aliphatic heterocycles. The van der Waals surface area contributed by atoms with Gasteiger partial charge >= 0.3 is 0 Å². The van der Waals surface area contributed by atoms with E-state index in [1.54, 1.807) is 6.07 Å². The number of aromatic amines is 1. The Kier molecular flexibility index (Phi) is 5.13. The predicted molar refractivity (Wildman–Crippen MR) is 98.0 cm³/mol. The van der Waals surface area contributed by atoms with Gasteiger partial charge in [0.1, 0.15) is 28.9 Å². The molecular weight excluding hydrogens is 360 g/mol. The highest BCUT2D eigenvalue weighted by atomic mass is 32.2. The molecule has 2 fully saturated rings. The summed E-state index contributed by atoms with van der Waals surface area (Å²) in [5, 5.41) is 2.83. The van der Waals surface area contributed by atoms with E-state index in [9.17, 15) is 13.6 Å². The summed E-state index contributed by atoms with van der Waals surface area (Å²) in [4.78, 5) is 19.2. The van der Waals surface area contributed by atoms with Crippen LogP contribution in [0, 0.1) is 11.7 Å². The first-order valence-corrected chi connectivity index (χ1v) is 9.96. The van der Waals surface area contributed by atoms with E-state index in [4.69, 9.17) is 4.74 Å². The number of hydrogen-bond donors (Lipinski definition) is 2. The molecular formula is C18H21F2N3O2S. The van der Waals surface area contributed by atoms with Gasteiger partial charge in [-0.15, -0.1) is 11.8 Å². The number of ether oxygens (including phenoxy) is 1. The van der Waals surface area contributed by atoms with Crippen LogP contribution in [0.3, 0.4) is 0 Å². The zero-order valence-corrected chi connectivity index (χ0v) is 15.1. The van der Waals surface area contributed by atoms with Crippen molar-refractivity contribution in [2.75, 3.05) is 19.7 Å². The summed E-state index contributed by atoms with van der Waals surface area (Å²) in [5.74, 6) is 1.11. The van der Waals surface area contributed by atoms with Crippen LogP contribution in [-0.2, 0) is 5.75 Å². The third kappa shape index (κ3) is 4.01. The Hall–Kier alpha value is -1.67. The van der Waals surface area contributed by atoms with Crippen LogP contribution in [0.1, 0.15) is 25.1 Å². The van der Waals surface area contributed by atoms with Crippen LogP contribution in [0.25, 0.3) is 10.9 Å². The van der Waals surface area contributed by atoms with Crippen molar-refractivity contribution in [3.8, 4) is 5.75 Å². The Labute approximate surface area is 153 Å². The Morgan fingerprint density at radius 2 is 2.15 bits per heavy atom. The molecule has 2 aliphatic rings. The molecule has 8 heteroatoms. The fourth-order valence-corrected chi connectivity index (χ4v) is 4.17. The van der Waals surface area contributed by atoms with Gasteiger partial charge in [0.25, 0.3) is 5.56 Å². The second kappa shape index (κ2) is 7.52. The molecule has 5 nitrogen and oxygen atoms in total. The molecule has 0 spiro atoms. The van der Waals surface area contributed by atoms with Crippen molar-refractivity contribution in [3.63, 3.8) is 0 Å². The molecule has 140 valence electrons. The largest absolute Gasteiger partial charge is 0.493 e. The van der Waals surface area contributed by atoms with Gasteiger partial charge in [-0.05, 0) is 31.7 Å². The Morgan fingerprint density at radius 3 is 2.92 bits per heavy atom. The van der Waals surface area contributed by atoms with Crippen molar-refractivity contribution in [2.45, 2.75) is 36.4 Å². The van der Waals surface area contributed by atoms with Gasteiger partial charge in [-0.2, -0.15) is 0 Å². The Bertz CT molecular complexity index is 856. The van der Waals surface area contributed by atoms with E-state index in [0.29, 0.717) is 36.4 Å². The lowest BCUT2D eigenvalue weighted by Crippen LogP contribution is -2.39. The van der Waals surface area contributed by atoms with E-state index in [2.05, 4.69) is 15.3 Å². The molecule has 2 aromatic rings. The molecule has 2 N–H and O–H groups in total. The van der Waals surface area contributed by atoms with Gasteiger partial charge in [-0.1, -0.05) is 0 Å². The van der Waals surface area contributed by atoms with E-state index < -0.39 is 17.5 Å². The van der Waals surface area contributed by atoms with E-state index in [1.807, 2.05) is 0 Å². The molecule has 1 saturated heterocycles. The van der Waals surface area contributed by atoms with Crippen LogP contribution in [0.4, 0.5) is 8.78 Å². The molecule has 2 atom stereocenters. The number of benzene rings is 1. The average molecular weight is 381 g/mol. The number of alkyl halides is 1. The number of fused-ring (bicyclic) bond motifs is 1. The molecule has 4 rings (SSSR count). The first-order chi connectivity index (χ1) is 12.6. The van der Waals surface area contributed by atoms with E-state index in [0.717, 1.165) is 25.8 Å². The highest BCUT2D eigenvalue weighted by Crippen LogP contribution is 2.30. The highest BCUT2D eigenvalue weighted by Gasteiger charge is 2.25. The molecule has 1 aromatic heterocycles. The molecule has 0 bridgehead atoms. The van der Waals surface area contributed by atoms with Crippen LogP contribution in [0.2, 0.25) is 0 Å². The zero-order valence-electron chi connectivity index (χ0n) is 14.3. The molecule has 2 unspecified atom stereocenters. The maximum absolute atomic E-state index is 14.3. The Morgan fingerprint density at radius 1 is 1.31 bits per heavy atom. The monoisotopic (exact) mass is 381 g/mol. The zero-order chi connectivity index (χ0) is 18.1. The maximum Gasteiger partial charge on any atom is 0.261 e. The van der Waals surface area contributed by atoms with Gasteiger partial charge in [0.2, 0.25) is 0 Å².